The highest BCUT2D eigenvalue weighted by atomic mass is 35.5. The third kappa shape index (κ3) is 3.92. The molecule has 1 aliphatic carbocycles. The van der Waals surface area contributed by atoms with Gasteiger partial charge in [-0.25, -0.2) is 16.8 Å². The van der Waals surface area contributed by atoms with Crippen molar-refractivity contribution in [1.29, 1.82) is 0 Å². The van der Waals surface area contributed by atoms with Gasteiger partial charge in [0.2, 0.25) is 10.0 Å². The van der Waals surface area contributed by atoms with E-state index in [-0.39, 0.29) is 16.6 Å². The lowest BCUT2D eigenvalue weighted by molar-refractivity contribution is -0.0286. The second kappa shape index (κ2) is 9.57. The molecule has 0 saturated carbocycles. The zero-order valence-electron chi connectivity index (χ0n) is 22.1. The number of allylic oxidation sites excluding steroid dienone is 3. The molecule has 3 unspecified atom stereocenters. The summed E-state index contributed by atoms with van der Waals surface area (Å²) in [5.41, 5.74) is 1.97. The summed E-state index contributed by atoms with van der Waals surface area (Å²) in [5.74, 6) is -1.61. The van der Waals surface area contributed by atoms with E-state index in [0.717, 1.165) is 9.55 Å². The summed E-state index contributed by atoms with van der Waals surface area (Å²) in [7, 11) is -4.22. The normalized spacial score (nSPS) is 22.6. The average Bonchev–Trinajstić information content (AvgIpc) is 3.54. The number of rotatable bonds is 6. The molecule has 4 aromatic rings. The number of nitrogens with one attached hydrogen (secondary N) is 1. The molecular formula is C29H28ClFN4O4S. The quantitative estimate of drug-likeness (QED) is 0.333. The Morgan fingerprint density at radius 3 is 2.75 bits per heavy atom. The molecule has 11 heteroatoms. The zero-order valence-corrected chi connectivity index (χ0v) is 23.7. The van der Waals surface area contributed by atoms with E-state index in [1.165, 1.54) is 18.5 Å². The highest BCUT2D eigenvalue weighted by Crippen LogP contribution is 2.48. The van der Waals surface area contributed by atoms with Crippen molar-refractivity contribution in [2.75, 3.05) is 13.2 Å². The predicted octanol–water partition coefficient (Wildman–Crippen LogP) is 5.30. The van der Waals surface area contributed by atoms with E-state index in [2.05, 4.69) is 10.1 Å². The van der Waals surface area contributed by atoms with Crippen molar-refractivity contribution < 1.29 is 17.5 Å². The molecular weight excluding hydrogens is 555 g/mol. The molecule has 2 aliphatic rings. The van der Waals surface area contributed by atoms with Crippen LogP contribution in [0.4, 0.5) is 4.39 Å². The summed E-state index contributed by atoms with van der Waals surface area (Å²) in [5, 5.41) is 5.07. The summed E-state index contributed by atoms with van der Waals surface area (Å²) in [6.07, 6.45) is 10.1. The van der Waals surface area contributed by atoms with Crippen LogP contribution in [0.15, 0.2) is 83.2 Å². The van der Waals surface area contributed by atoms with Crippen LogP contribution >= 0.6 is 11.6 Å². The van der Waals surface area contributed by atoms with Crippen molar-refractivity contribution in [3.63, 3.8) is 0 Å². The summed E-state index contributed by atoms with van der Waals surface area (Å²) in [4.78, 5) is 15.3. The van der Waals surface area contributed by atoms with Crippen LogP contribution in [0, 0.1) is 5.82 Å². The van der Waals surface area contributed by atoms with Crippen LogP contribution in [0.25, 0.3) is 10.9 Å². The van der Waals surface area contributed by atoms with Gasteiger partial charge in [-0.3, -0.25) is 9.48 Å². The highest BCUT2D eigenvalue weighted by Gasteiger charge is 2.51. The van der Waals surface area contributed by atoms with Gasteiger partial charge >= 0.3 is 0 Å². The maximum atomic E-state index is 15.0. The molecule has 208 valence electrons. The molecule has 1 N–H and O–H groups in total. The number of hydrogen-bond donors (Lipinski definition) is 1. The fourth-order valence-electron chi connectivity index (χ4n) is 5.68. The van der Waals surface area contributed by atoms with Crippen molar-refractivity contribution in [1.82, 2.24) is 18.7 Å². The van der Waals surface area contributed by atoms with Crippen LogP contribution < -0.4 is 5.56 Å². The van der Waals surface area contributed by atoms with Crippen LogP contribution in [0.3, 0.4) is 0 Å². The van der Waals surface area contributed by atoms with E-state index in [1.54, 1.807) is 55.1 Å². The Morgan fingerprint density at radius 1 is 1.25 bits per heavy atom. The topological polar surface area (TPSA) is 99.0 Å². The molecule has 1 aromatic carbocycles. The number of halogens is 2. The number of nitrogens with zero attached hydrogens (tertiary/aromatic N) is 3. The Balaban J connectivity index is 1.53. The predicted molar refractivity (Wildman–Crippen MR) is 152 cm³/mol. The first-order valence-corrected chi connectivity index (χ1v) is 14.8. The van der Waals surface area contributed by atoms with Crippen molar-refractivity contribution >= 4 is 32.5 Å². The third-order valence-corrected chi connectivity index (χ3v) is 11.2. The molecule has 4 heterocycles. The van der Waals surface area contributed by atoms with Gasteiger partial charge in [-0.15, -0.1) is 0 Å². The summed E-state index contributed by atoms with van der Waals surface area (Å²) < 4.78 is 50.9. The molecule has 1 fully saturated rings. The fourth-order valence-corrected chi connectivity index (χ4v) is 7.91. The number of ether oxygens (including phenoxy) is 1. The smallest absolute Gasteiger partial charge is 0.273 e. The molecule has 0 spiro atoms. The van der Waals surface area contributed by atoms with E-state index in [9.17, 15) is 13.2 Å². The lowest BCUT2D eigenvalue weighted by Gasteiger charge is -2.40. The number of fused-ring (bicyclic) bond motifs is 1. The lowest BCUT2D eigenvalue weighted by atomic mass is 9.75. The van der Waals surface area contributed by atoms with Crippen LogP contribution in [0.1, 0.15) is 49.8 Å². The van der Waals surface area contributed by atoms with E-state index in [1.807, 2.05) is 19.2 Å². The van der Waals surface area contributed by atoms with Gasteiger partial charge in [-0.2, -0.15) is 5.10 Å². The summed E-state index contributed by atoms with van der Waals surface area (Å²) in [6.45, 7) is 6.37. The molecule has 8 nitrogen and oxygen atoms in total. The number of benzene rings is 1. The standard InChI is InChI=1S/C29H28ClFN4O4S/c1-17-11-20(18(2)23-5-4-6-25(30)26(23)31)12-24(21-13-33-34(14-21)22-15-39-16-22)29(17,3)40(37,38)35-10-8-19-7-9-32-28(36)27(19)35/h4-14,18,22,24H,15-16H2,1-3H3,(H,32,36). The maximum absolute atomic E-state index is 15.0. The van der Waals surface area contributed by atoms with Gasteiger partial charge in [-0.05, 0) is 54.3 Å². The van der Waals surface area contributed by atoms with Gasteiger partial charge < -0.3 is 9.72 Å². The SMILES string of the molecule is CC1=CC(C(C)c2cccc(Cl)c2F)=CC(c2cnn(C3COC3)c2)C1(C)S(=O)(=O)n1ccc2cc[nH]c(=O)c21. The highest BCUT2D eigenvalue weighted by molar-refractivity contribution is 7.91. The van der Waals surface area contributed by atoms with Crippen molar-refractivity contribution in [3.8, 4) is 0 Å². The minimum absolute atomic E-state index is 0.0270. The Morgan fingerprint density at radius 2 is 2.02 bits per heavy atom. The number of pyridine rings is 1. The van der Waals surface area contributed by atoms with Gasteiger partial charge in [0.1, 0.15) is 16.1 Å². The second-order valence-corrected chi connectivity index (χ2v) is 13.2. The first-order valence-electron chi connectivity index (χ1n) is 12.9. The molecule has 0 amide bonds. The molecule has 3 aromatic heterocycles. The molecule has 1 aliphatic heterocycles. The second-order valence-electron chi connectivity index (χ2n) is 10.6. The Hall–Kier alpha value is -3.47. The lowest BCUT2D eigenvalue weighted by Crippen LogP contribution is -2.47. The monoisotopic (exact) mass is 582 g/mol. The Labute approximate surface area is 235 Å². The maximum Gasteiger partial charge on any atom is 0.273 e. The number of aromatic amines is 1. The molecule has 40 heavy (non-hydrogen) atoms. The third-order valence-electron chi connectivity index (χ3n) is 8.41. The van der Waals surface area contributed by atoms with Crippen molar-refractivity contribution in [2.24, 2.45) is 0 Å². The van der Waals surface area contributed by atoms with Crippen LogP contribution in [0.2, 0.25) is 5.02 Å². The number of hydrogen-bond acceptors (Lipinski definition) is 5. The Kier molecular flexibility index (Phi) is 6.40. The van der Waals surface area contributed by atoms with E-state index >= 15 is 4.39 Å². The zero-order chi connectivity index (χ0) is 28.4. The van der Waals surface area contributed by atoms with Crippen LogP contribution in [0.5, 0.6) is 0 Å². The largest absolute Gasteiger partial charge is 0.377 e. The first kappa shape index (κ1) is 26.7. The van der Waals surface area contributed by atoms with Crippen LogP contribution in [-0.4, -0.2) is 45.1 Å². The van der Waals surface area contributed by atoms with E-state index in [0.29, 0.717) is 35.3 Å². The summed E-state index contributed by atoms with van der Waals surface area (Å²) in [6, 6.07) is 8.23. The van der Waals surface area contributed by atoms with Gasteiger partial charge in [0.05, 0.1) is 30.5 Å². The fraction of sp³-hybridized carbons (Fsp3) is 0.310. The molecule has 0 bridgehead atoms. The van der Waals surface area contributed by atoms with Gasteiger partial charge in [0.25, 0.3) is 5.56 Å². The Bertz CT molecular complexity index is 1870. The minimum atomic E-state index is -4.22. The average molecular weight is 583 g/mol. The summed E-state index contributed by atoms with van der Waals surface area (Å²) >= 11 is 6.08. The van der Waals surface area contributed by atoms with E-state index in [4.69, 9.17) is 16.3 Å². The molecule has 1 saturated heterocycles. The van der Waals surface area contributed by atoms with E-state index < -0.39 is 38.0 Å². The molecule has 6 rings (SSSR count). The van der Waals surface area contributed by atoms with Gasteiger partial charge in [0, 0.05) is 35.8 Å². The number of H-pyrrole nitrogens is 1. The first-order chi connectivity index (χ1) is 19.0. The number of aromatic nitrogens is 4. The minimum Gasteiger partial charge on any atom is -0.377 e. The molecule has 3 atom stereocenters. The van der Waals surface area contributed by atoms with Gasteiger partial charge in [-0.1, -0.05) is 42.8 Å². The van der Waals surface area contributed by atoms with Crippen molar-refractivity contribution in [3.05, 3.63) is 111 Å². The van der Waals surface area contributed by atoms with Crippen molar-refractivity contribution in [2.45, 2.75) is 43.4 Å². The molecule has 0 radical (unpaired) electrons. The van der Waals surface area contributed by atoms with Crippen LogP contribution in [-0.2, 0) is 14.8 Å². The van der Waals surface area contributed by atoms with Gasteiger partial charge in [0.15, 0.2) is 0 Å².